The summed E-state index contributed by atoms with van der Waals surface area (Å²) in [5, 5.41) is 9.70. The number of methoxy groups -OCH3 is 1. The molecule has 0 N–H and O–H groups in total. The van der Waals surface area contributed by atoms with E-state index in [0.717, 1.165) is 49.3 Å². The fraction of sp³-hybridized carbons (Fsp3) is 0.407. The quantitative estimate of drug-likeness (QED) is 0.494. The highest BCUT2D eigenvalue weighted by Crippen LogP contribution is 2.28. The second kappa shape index (κ2) is 10.9. The molecule has 180 valence electrons. The lowest BCUT2D eigenvalue weighted by atomic mass is 10.1. The average Bonchev–Trinajstić information content (AvgIpc) is 2.87. The van der Waals surface area contributed by atoms with Crippen LogP contribution in [-0.2, 0) is 22.4 Å². The molecule has 35 heavy (non-hydrogen) atoms. The number of aromatic nitrogens is 3. The number of rotatable bonds is 8. The number of hydrogen-bond acceptors (Lipinski definition) is 8. The number of nitriles is 1. The fourth-order valence-corrected chi connectivity index (χ4v) is 4.46. The highest BCUT2D eigenvalue weighted by molar-refractivity contribution is 5.64. The van der Waals surface area contributed by atoms with Crippen molar-refractivity contribution < 1.29 is 14.2 Å². The minimum absolute atomic E-state index is 0.0826. The Morgan fingerprint density at radius 2 is 1.91 bits per heavy atom. The number of likely N-dealkylation sites (tertiary alicyclic amines) is 1. The Morgan fingerprint density at radius 1 is 1.09 bits per heavy atom. The third-order valence-electron chi connectivity index (χ3n) is 6.44. The molecular formula is C27H29N5O3. The van der Waals surface area contributed by atoms with Crippen LogP contribution < -0.4 is 4.74 Å². The Kier molecular flexibility index (Phi) is 7.28. The van der Waals surface area contributed by atoms with Crippen LogP contribution in [0.4, 0.5) is 0 Å². The van der Waals surface area contributed by atoms with Gasteiger partial charge >= 0.3 is 0 Å². The van der Waals surface area contributed by atoms with Crippen LogP contribution in [0, 0.1) is 11.3 Å². The molecule has 0 spiro atoms. The van der Waals surface area contributed by atoms with Crippen LogP contribution in [0.1, 0.15) is 35.4 Å². The van der Waals surface area contributed by atoms with Crippen LogP contribution in [0.5, 0.6) is 5.75 Å². The summed E-state index contributed by atoms with van der Waals surface area (Å²) in [6, 6.07) is 11.9. The predicted octanol–water partition coefficient (Wildman–Crippen LogP) is 3.39. The Balaban J connectivity index is 1.27. The van der Waals surface area contributed by atoms with E-state index in [1.54, 1.807) is 13.3 Å². The molecule has 1 aromatic carbocycles. The van der Waals surface area contributed by atoms with Crippen molar-refractivity contribution in [3.8, 4) is 23.1 Å². The van der Waals surface area contributed by atoms with Gasteiger partial charge in [0.1, 0.15) is 23.7 Å². The molecule has 2 aliphatic heterocycles. The molecule has 0 bridgehead atoms. The minimum Gasteiger partial charge on any atom is -0.489 e. The molecule has 2 saturated heterocycles. The molecule has 0 aliphatic carbocycles. The summed E-state index contributed by atoms with van der Waals surface area (Å²) in [4.78, 5) is 16.0. The first-order valence-corrected chi connectivity index (χ1v) is 12.0. The summed E-state index contributed by atoms with van der Waals surface area (Å²) in [6.07, 6.45) is 8.22. The van der Waals surface area contributed by atoms with E-state index in [4.69, 9.17) is 19.2 Å². The molecule has 3 aromatic rings. The number of pyridine rings is 1. The number of ether oxygens (including phenoxy) is 3. The second-order valence-electron chi connectivity index (χ2n) is 9.04. The topological polar surface area (TPSA) is 93.4 Å². The lowest BCUT2D eigenvalue weighted by Crippen LogP contribution is -2.50. The maximum Gasteiger partial charge on any atom is 0.137 e. The van der Waals surface area contributed by atoms with Gasteiger partial charge in [-0.3, -0.25) is 9.88 Å². The lowest BCUT2D eigenvalue weighted by Gasteiger charge is -2.38. The second-order valence-corrected chi connectivity index (χ2v) is 9.04. The molecule has 2 aromatic heterocycles. The van der Waals surface area contributed by atoms with Gasteiger partial charge in [0.2, 0.25) is 0 Å². The summed E-state index contributed by atoms with van der Waals surface area (Å²) in [5.41, 5.74) is 4.39. The van der Waals surface area contributed by atoms with Crippen LogP contribution in [-0.4, -0.2) is 65.5 Å². The van der Waals surface area contributed by atoms with Crippen LogP contribution in [0.25, 0.3) is 11.3 Å². The van der Waals surface area contributed by atoms with Crippen molar-refractivity contribution in [2.45, 2.75) is 38.0 Å². The highest BCUT2D eigenvalue weighted by atomic mass is 16.5. The molecule has 8 heteroatoms. The first-order valence-electron chi connectivity index (χ1n) is 12.0. The Morgan fingerprint density at radius 3 is 2.71 bits per heavy atom. The molecule has 0 atom stereocenters. The summed E-state index contributed by atoms with van der Waals surface area (Å²) in [6.45, 7) is 4.16. The monoisotopic (exact) mass is 471 g/mol. The van der Waals surface area contributed by atoms with Crippen molar-refractivity contribution in [2.24, 2.45) is 0 Å². The van der Waals surface area contributed by atoms with Crippen molar-refractivity contribution in [3.63, 3.8) is 0 Å². The zero-order valence-electron chi connectivity index (χ0n) is 19.9. The highest BCUT2D eigenvalue weighted by Gasteiger charge is 2.26. The predicted molar refractivity (Wildman–Crippen MR) is 130 cm³/mol. The van der Waals surface area contributed by atoms with Crippen LogP contribution in [0.15, 0.2) is 48.9 Å². The third kappa shape index (κ3) is 5.82. The van der Waals surface area contributed by atoms with Gasteiger partial charge in [0.25, 0.3) is 0 Å². The smallest absolute Gasteiger partial charge is 0.137 e. The van der Waals surface area contributed by atoms with Gasteiger partial charge in [-0.15, -0.1) is 0 Å². The summed E-state index contributed by atoms with van der Waals surface area (Å²) >= 11 is 0. The molecule has 0 unspecified atom stereocenters. The SMILES string of the molecule is COC1CN(Cc2cncc(Cc3nccc(-c4ccc(OC5CCOCC5)c(C#N)c4)n3)c2)C1. The van der Waals surface area contributed by atoms with Crippen molar-refractivity contribution >= 4 is 0 Å². The molecule has 2 aliphatic rings. The van der Waals surface area contributed by atoms with E-state index in [9.17, 15) is 5.26 Å². The van der Waals surface area contributed by atoms with Gasteiger partial charge in [0.05, 0.1) is 30.6 Å². The van der Waals surface area contributed by atoms with Crippen LogP contribution in [0.2, 0.25) is 0 Å². The van der Waals surface area contributed by atoms with Gasteiger partial charge in [0.15, 0.2) is 0 Å². The number of nitrogens with zero attached hydrogens (tertiary/aromatic N) is 5. The molecule has 5 rings (SSSR count). The van der Waals surface area contributed by atoms with Gasteiger partial charge in [-0.05, 0) is 35.4 Å². The van der Waals surface area contributed by atoms with Crippen molar-refractivity contribution in [3.05, 3.63) is 71.4 Å². The maximum atomic E-state index is 9.70. The molecule has 0 amide bonds. The van der Waals surface area contributed by atoms with Crippen molar-refractivity contribution in [1.29, 1.82) is 5.26 Å². The minimum atomic E-state index is 0.0826. The van der Waals surface area contributed by atoms with E-state index in [1.807, 2.05) is 36.7 Å². The van der Waals surface area contributed by atoms with Crippen LogP contribution in [0.3, 0.4) is 0 Å². The fourth-order valence-electron chi connectivity index (χ4n) is 4.46. The summed E-state index contributed by atoms with van der Waals surface area (Å²) in [5.74, 6) is 1.32. The van der Waals surface area contributed by atoms with Crippen LogP contribution >= 0.6 is 0 Å². The van der Waals surface area contributed by atoms with Gasteiger partial charge in [-0.25, -0.2) is 9.97 Å². The van der Waals surface area contributed by atoms with E-state index in [0.29, 0.717) is 42.9 Å². The van der Waals surface area contributed by atoms with Gasteiger partial charge in [0, 0.05) is 70.2 Å². The van der Waals surface area contributed by atoms with Crippen molar-refractivity contribution in [1.82, 2.24) is 19.9 Å². The van der Waals surface area contributed by atoms with Gasteiger partial charge in [-0.2, -0.15) is 5.26 Å². The van der Waals surface area contributed by atoms with Crippen molar-refractivity contribution in [2.75, 3.05) is 33.4 Å². The lowest BCUT2D eigenvalue weighted by molar-refractivity contribution is -0.0334. The average molecular weight is 472 g/mol. The standard InChI is InChI=1S/C27H29N5O3/c1-33-24-17-32(18-24)16-20-10-19(14-29-15-20)11-27-30-7-4-25(31-27)21-2-3-26(22(12-21)13-28)35-23-5-8-34-9-6-23/h2-4,7,10,12,14-15,23-24H,5-6,8-9,11,16-18H2,1H3. The molecule has 4 heterocycles. The number of benzene rings is 1. The summed E-state index contributed by atoms with van der Waals surface area (Å²) in [7, 11) is 1.76. The number of hydrogen-bond donors (Lipinski definition) is 0. The molecule has 0 saturated carbocycles. The normalized spacial score (nSPS) is 17.0. The largest absolute Gasteiger partial charge is 0.489 e. The zero-order chi connectivity index (χ0) is 24.0. The third-order valence-corrected chi connectivity index (χ3v) is 6.44. The Labute approximate surface area is 205 Å². The van der Waals surface area contributed by atoms with E-state index < -0.39 is 0 Å². The molecule has 8 nitrogen and oxygen atoms in total. The molecular weight excluding hydrogens is 442 g/mol. The Bertz CT molecular complexity index is 1200. The summed E-state index contributed by atoms with van der Waals surface area (Å²) < 4.78 is 16.8. The molecule has 2 fully saturated rings. The van der Waals surface area contributed by atoms with E-state index >= 15 is 0 Å². The zero-order valence-corrected chi connectivity index (χ0v) is 19.9. The van der Waals surface area contributed by atoms with E-state index in [2.05, 4.69) is 27.0 Å². The maximum absolute atomic E-state index is 9.70. The van der Waals surface area contributed by atoms with Gasteiger partial charge in [-0.1, -0.05) is 6.07 Å². The molecule has 0 radical (unpaired) electrons. The first-order chi connectivity index (χ1) is 17.2. The first kappa shape index (κ1) is 23.4. The van der Waals surface area contributed by atoms with E-state index in [1.165, 1.54) is 5.56 Å². The Hall–Kier alpha value is -3.38. The van der Waals surface area contributed by atoms with E-state index in [-0.39, 0.29) is 6.10 Å². The van der Waals surface area contributed by atoms with Gasteiger partial charge < -0.3 is 14.2 Å².